The predicted molar refractivity (Wildman–Crippen MR) is 196 cm³/mol. The number of hydrogen-bond donors (Lipinski definition) is 1. The molecule has 0 aliphatic carbocycles. The number of amides is 2. The Hall–Kier alpha value is -4.48. The van der Waals surface area contributed by atoms with Gasteiger partial charge in [0.05, 0.1) is 24.3 Å². The number of nitrogens with one attached hydrogen (secondary N) is 1. The third-order valence-electron chi connectivity index (χ3n) is 8.12. The van der Waals surface area contributed by atoms with Crippen molar-refractivity contribution in [2.24, 2.45) is 0 Å². The zero-order valence-electron chi connectivity index (χ0n) is 28.7. The number of benzene rings is 4. The fraction of sp³-hybridized carbons (Fsp3) is 0.316. The van der Waals surface area contributed by atoms with Crippen LogP contribution in [-0.2, 0) is 32.6 Å². The number of nitrogens with zero attached hydrogens (tertiary/aromatic N) is 2. The highest BCUT2D eigenvalue weighted by Crippen LogP contribution is 2.28. The van der Waals surface area contributed by atoms with Gasteiger partial charge in [0.25, 0.3) is 10.0 Å². The summed E-state index contributed by atoms with van der Waals surface area (Å²) >= 11 is 1.50. The third kappa shape index (κ3) is 10.0. The number of carbonyl (C=O) groups is 2. The van der Waals surface area contributed by atoms with Gasteiger partial charge in [-0.05, 0) is 98.3 Å². The molecule has 0 saturated heterocycles. The molecule has 0 heterocycles. The molecule has 4 rings (SSSR count). The first-order valence-corrected chi connectivity index (χ1v) is 18.9. The number of hydrogen-bond acceptors (Lipinski definition) is 7. The largest absolute Gasteiger partial charge is 0.497 e. The summed E-state index contributed by atoms with van der Waals surface area (Å²) < 4.78 is 40.8. The van der Waals surface area contributed by atoms with Crippen LogP contribution in [0.4, 0.5) is 5.69 Å². The molecule has 0 spiro atoms. The zero-order valence-corrected chi connectivity index (χ0v) is 30.3. The molecule has 2 amide bonds. The molecule has 0 unspecified atom stereocenters. The fourth-order valence-corrected chi connectivity index (χ4v) is 7.06. The van der Waals surface area contributed by atoms with E-state index in [0.29, 0.717) is 24.5 Å². The zero-order chi connectivity index (χ0) is 35.4. The Morgan fingerprint density at radius 1 is 0.857 bits per heavy atom. The van der Waals surface area contributed by atoms with Crippen LogP contribution in [0.3, 0.4) is 0 Å². The molecule has 260 valence electrons. The van der Waals surface area contributed by atoms with Gasteiger partial charge in [0.1, 0.15) is 24.1 Å². The van der Waals surface area contributed by atoms with E-state index in [4.69, 9.17) is 9.47 Å². The second-order valence-corrected chi connectivity index (χ2v) is 14.3. The molecule has 4 aromatic rings. The highest BCUT2D eigenvalue weighted by Gasteiger charge is 2.35. The minimum Gasteiger partial charge on any atom is -0.497 e. The summed E-state index contributed by atoms with van der Waals surface area (Å²) in [6.07, 6.45) is 2.84. The molecular formula is C38H45N3O6S2. The topological polar surface area (TPSA) is 105 Å². The summed E-state index contributed by atoms with van der Waals surface area (Å²) in [5.41, 5.74) is 1.88. The molecular weight excluding hydrogens is 659 g/mol. The van der Waals surface area contributed by atoms with E-state index < -0.39 is 28.5 Å². The fourth-order valence-electron chi connectivity index (χ4n) is 5.24. The Balaban J connectivity index is 1.82. The Morgan fingerprint density at radius 2 is 1.53 bits per heavy atom. The summed E-state index contributed by atoms with van der Waals surface area (Å²) in [6, 6.07) is 28.8. The lowest BCUT2D eigenvalue weighted by atomic mass is 10.0. The Morgan fingerprint density at radius 3 is 2.14 bits per heavy atom. The summed E-state index contributed by atoms with van der Waals surface area (Å²) in [6.45, 7) is 5.69. The van der Waals surface area contributed by atoms with Crippen molar-refractivity contribution < 1.29 is 27.5 Å². The van der Waals surface area contributed by atoms with E-state index in [-0.39, 0.29) is 35.5 Å². The first-order valence-electron chi connectivity index (χ1n) is 16.3. The standard InChI is InChI=1S/C38H45N3O6S2/c1-6-28(3)39-38(43)36(25-29-12-9-8-10-13-29)40(26-30-14-11-15-33(24-30)46-4)37(42)27-41(31-16-18-32(19-17-31)47-7-2)49(44,45)35-22-20-34(48-5)21-23-35/h8-24,28,36H,6-7,25-27H2,1-5H3,(H,39,43)/t28-,36+/m0/s1. The third-order valence-corrected chi connectivity index (χ3v) is 10.7. The van der Waals surface area contributed by atoms with E-state index in [1.807, 2.05) is 69.5 Å². The van der Waals surface area contributed by atoms with E-state index in [1.165, 1.54) is 16.7 Å². The maximum Gasteiger partial charge on any atom is 0.264 e. The van der Waals surface area contributed by atoms with Gasteiger partial charge >= 0.3 is 0 Å². The molecule has 0 aromatic heterocycles. The van der Waals surface area contributed by atoms with Crippen LogP contribution in [0.25, 0.3) is 0 Å². The molecule has 2 atom stereocenters. The Labute approximate surface area is 294 Å². The van der Waals surface area contributed by atoms with Crippen LogP contribution in [0.1, 0.15) is 38.3 Å². The highest BCUT2D eigenvalue weighted by molar-refractivity contribution is 7.98. The van der Waals surface area contributed by atoms with E-state index in [9.17, 15) is 18.0 Å². The van der Waals surface area contributed by atoms with Gasteiger partial charge in [-0.1, -0.05) is 49.4 Å². The van der Waals surface area contributed by atoms with Crippen molar-refractivity contribution >= 4 is 39.3 Å². The molecule has 1 N–H and O–H groups in total. The minimum absolute atomic E-state index is 0.0427. The lowest BCUT2D eigenvalue weighted by Gasteiger charge is -2.34. The first-order chi connectivity index (χ1) is 23.6. The van der Waals surface area contributed by atoms with Crippen molar-refractivity contribution in [3.8, 4) is 11.5 Å². The Kier molecular flexibility index (Phi) is 13.6. The average molecular weight is 704 g/mol. The lowest BCUT2D eigenvalue weighted by Crippen LogP contribution is -2.54. The summed E-state index contributed by atoms with van der Waals surface area (Å²) in [4.78, 5) is 31.2. The van der Waals surface area contributed by atoms with E-state index in [0.717, 1.165) is 20.3 Å². The number of thioether (sulfide) groups is 1. The number of methoxy groups -OCH3 is 1. The molecule has 11 heteroatoms. The first kappa shape index (κ1) is 37.3. The molecule has 9 nitrogen and oxygen atoms in total. The lowest BCUT2D eigenvalue weighted by molar-refractivity contribution is -0.140. The maximum absolute atomic E-state index is 14.7. The van der Waals surface area contributed by atoms with Crippen LogP contribution in [0.15, 0.2) is 113 Å². The monoisotopic (exact) mass is 703 g/mol. The van der Waals surface area contributed by atoms with Crippen molar-refractivity contribution in [2.75, 3.05) is 30.8 Å². The van der Waals surface area contributed by atoms with E-state index >= 15 is 0 Å². The van der Waals surface area contributed by atoms with Crippen molar-refractivity contribution in [3.05, 3.63) is 114 Å². The number of ether oxygens (including phenoxy) is 2. The van der Waals surface area contributed by atoms with Gasteiger partial charge in [0.15, 0.2) is 0 Å². The molecule has 0 aliphatic rings. The van der Waals surface area contributed by atoms with Crippen molar-refractivity contribution in [1.82, 2.24) is 10.2 Å². The summed E-state index contributed by atoms with van der Waals surface area (Å²) in [5.74, 6) is 0.309. The van der Waals surface area contributed by atoms with Crippen LogP contribution >= 0.6 is 11.8 Å². The number of anilines is 1. The second kappa shape index (κ2) is 17.8. The summed E-state index contributed by atoms with van der Waals surface area (Å²) in [7, 11) is -2.67. The van der Waals surface area contributed by atoms with Gasteiger partial charge in [-0.3, -0.25) is 13.9 Å². The second-order valence-electron chi connectivity index (χ2n) is 11.5. The van der Waals surface area contributed by atoms with Crippen molar-refractivity contribution in [3.63, 3.8) is 0 Å². The normalized spacial score (nSPS) is 12.4. The van der Waals surface area contributed by atoms with Crippen molar-refractivity contribution in [1.29, 1.82) is 0 Å². The molecule has 0 bridgehead atoms. The average Bonchev–Trinajstić information content (AvgIpc) is 3.12. The highest BCUT2D eigenvalue weighted by atomic mass is 32.2. The van der Waals surface area contributed by atoms with Gasteiger partial charge in [-0.2, -0.15) is 0 Å². The number of rotatable bonds is 17. The molecule has 0 fully saturated rings. The van der Waals surface area contributed by atoms with Crippen LogP contribution in [0, 0.1) is 0 Å². The molecule has 0 saturated carbocycles. The van der Waals surface area contributed by atoms with E-state index in [2.05, 4.69) is 5.32 Å². The van der Waals surface area contributed by atoms with Crippen LogP contribution in [0.2, 0.25) is 0 Å². The molecule has 0 aliphatic heterocycles. The van der Waals surface area contributed by atoms with Crippen molar-refractivity contribution in [2.45, 2.75) is 62.0 Å². The van der Waals surface area contributed by atoms with Gasteiger partial charge in [-0.25, -0.2) is 8.42 Å². The summed E-state index contributed by atoms with van der Waals surface area (Å²) in [5, 5.41) is 3.06. The van der Waals surface area contributed by atoms with Gasteiger partial charge in [-0.15, -0.1) is 11.8 Å². The number of carbonyl (C=O) groups excluding carboxylic acids is 2. The van der Waals surface area contributed by atoms with Crippen LogP contribution in [0.5, 0.6) is 11.5 Å². The Bertz CT molecular complexity index is 1770. The van der Waals surface area contributed by atoms with Crippen LogP contribution < -0.4 is 19.1 Å². The molecule has 49 heavy (non-hydrogen) atoms. The van der Waals surface area contributed by atoms with Gasteiger partial charge in [0, 0.05) is 23.9 Å². The SMILES string of the molecule is CCOc1ccc(N(CC(=O)N(Cc2cccc(OC)c2)[C@H](Cc2ccccc2)C(=O)N[C@@H](C)CC)S(=O)(=O)c2ccc(SC)cc2)cc1. The molecule has 4 aromatic carbocycles. The van der Waals surface area contributed by atoms with Crippen LogP contribution in [-0.4, -0.2) is 63.7 Å². The smallest absolute Gasteiger partial charge is 0.264 e. The maximum atomic E-state index is 14.7. The quantitative estimate of drug-likeness (QED) is 0.124. The molecule has 0 radical (unpaired) electrons. The van der Waals surface area contributed by atoms with E-state index in [1.54, 1.807) is 67.8 Å². The van der Waals surface area contributed by atoms with Gasteiger partial charge in [0.2, 0.25) is 11.8 Å². The van der Waals surface area contributed by atoms with Gasteiger partial charge < -0.3 is 19.7 Å². The number of sulfonamides is 1. The minimum atomic E-state index is -4.23. The predicted octanol–water partition coefficient (Wildman–Crippen LogP) is 6.57.